The van der Waals surface area contributed by atoms with Gasteiger partial charge in [0.15, 0.2) is 0 Å². The Morgan fingerprint density at radius 3 is 2.89 bits per heavy atom. The van der Waals surface area contributed by atoms with E-state index < -0.39 is 0 Å². The number of aromatic nitrogens is 1. The maximum absolute atomic E-state index is 5.81. The molecule has 1 unspecified atom stereocenters. The van der Waals surface area contributed by atoms with E-state index in [0.29, 0.717) is 4.99 Å². The van der Waals surface area contributed by atoms with Crippen molar-refractivity contribution in [2.45, 2.75) is 33.1 Å². The smallest absolute Gasteiger partial charge is 0.106 e. The molecule has 0 saturated carbocycles. The highest BCUT2D eigenvalue weighted by molar-refractivity contribution is 7.80. The Morgan fingerprint density at radius 1 is 1.42 bits per heavy atom. The van der Waals surface area contributed by atoms with Gasteiger partial charge in [-0.25, -0.2) is 0 Å². The fraction of sp³-hybridized carbons (Fsp3) is 0.600. The Bertz CT molecular complexity index is 445. The van der Waals surface area contributed by atoms with Crippen LogP contribution in [0.5, 0.6) is 0 Å². The van der Waals surface area contributed by atoms with Crippen molar-refractivity contribution in [2.75, 3.05) is 18.0 Å². The third-order valence-electron chi connectivity index (χ3n) is 4.12. The molecule has 0 amide bonds. The second-order valence-corrected chi connectivity index (χ2v) is 6.12. The normalized spacial score (nSPS) is 20.4. The van der Waals surface area contributed by atoms with Gasteiger partial charge in [-0.05, 0) is 37.2 Å². The SMILES string of the molecule is CC(C)C1CCCN(c2cnccc2C(N)=S)CC1. The van der Waals surface area contributed by atoms with Crippen LogP contribution in [0.3, 0.4) is 0 Å². The molecule has 1 aromatic rings. The average Bonchev–Trinajstić information content (AvgIpc) is 2.64. The largest absolute Gasteiger partial charge is 0.389 e. The molecule has 3 nitrogen and oxygen atoms in total. The molecule has 19 heavy (non-hydrogen) atoms. The molecule has 1 aliphatic heterocycles. The van der Waals surface area contributed by atoms with Gasteiger partial charge in [-0.15, -0.1) is 0 Å². The van der Waals surface area contributed by atoms with Crippen LogP contribution in [0.1, 0.15) is 38.7 Å². The summed E-state index contributed by atoms with van der Waals surface area (Å²) >= 11 is 5.14. The van der Waals surface area contributed by atoms with Gasteiger partial charge >= 0.3 is 0 Å². The third-order valence-corrected chi connectivity index (χ3v) is 4.34. The second kappa shape index (κ2) is 6.33. The van der Waals surface area contributed by atoms with Crippen molar-refractivity contribution in [2.24, 2.45) is 17.6 Å². The summed E-state index contributed by atoms with van der Waals surface area (Å²) in [5.41, 5.74) is 7.86. The van der Waals surface area contributed by atoms with Crippen LogP contribution in [0.25, 0.3) is 0 Å². The average molecular weight is 277 g/mol. The van der Waals surface area contributed by atoms with Crippen molar-refractivity contribution in [3.05, 3.63) is 24.0 Å². The van der Waals surface area contributed by atoms with Crippen molar-refractivity contribution in [1.29, 1.82) is 0 Å². The number of nitrogens with zero attached hydrogens (tertiary/aromatic N) is 2. The van der Waals surface area contributed by atoms with E-state index in [-0.39, 0.29) is 0 Å². The third kappa shape index (κ3) is 3.44. The first-order chi connectivity index (χ1) is 9.09. The van der Waals surface area contributed by atoms with Gasteiger partial charge in [-0.2, -0.15) is 0 Å². The van der Waals surface area contributed by atoms with Crippen molar-refractivity contribution in [1.82, 2.24) is 4.98 Å². The predicted octanol–water partition coefficient (Wildman–Crippen LogP) is 2.98. The van der Waals surface area contributed by atoms with Crippen LogP contribution < -0.4 is 10.6 Å². The molecule has 1 aromatic heterocycles. The van der Waals surface area contributed by atoms with Gasteiger partial charge in [0, 0.05) is 24.8 Å². The summed E-state index contributed by atoms with van der Waals surface area (Å²) in [5, 5.41) is 0. The molecule has 2 N–H and O–H groups in total. The molecule has 104 valence electrons. The second-order valence-electron chi connectivity index (χ2n) is 5.68. The van der Waals surface area contributed by atoms with Crippen LogP contribution in [0.15, 0.2) is 18.5 Å². The fourth-order valence-corrected chi connectivity index (χ4v) is 3.05. The molecular formula is C15H23N3S. The first-order valence-electron chi connectivity index (χ1n) is 7.08. The van der Waals surface area contributed by atoms with Crippen LogP contribution in [0.2, 0.25) is 0 Å². The number of hydrogen-bond acceptors (Lipinski definition) is 3. The first-order valence-corrected chi connectivity index (χ1v) is 7.49. The minimum absolute atomic E-state index is 0.460. The first kappa shape index (κ1) is 14.3. The fourth-order valence-electron chi connectivity index (χ4n) is 2.88. The van der Waals surface area contributed by atoms with Gasteiger partial charge in [-0.3, -0.25) is 4.98 Å². The van der Waals surface area contributed by atoms with E-state index in [1.54, 1.807) is 6.20 Å². The van der Waals surface area contributed by atoms with Gasteiger partial charge in [0.2, 0.25) is 0 Å². The van der Waals surface area contributed by atoms with E-state index >= 15 is 0 Å². The lowest BCUT2D eigenvalue weighted by molar-refractivity contribution is 0.351. The Kier molecular flexibility index (Phi) is 4.75. The molecular weight excluding hydrogens is 254 g/mol. The summed E-state index contributed by atoms with van der Waals surface area (Å²) < 4.78 is 0. The van der Waals surface area contributed by atoms with Crippen LogP contribution in [0.4, 0.5) is 5.69 Å². The zero-order chi connectivity index (χ0) is 13.8. The van der Waals surface area contributed by atoms with Gasteiger partial charge in [0.25, 0.3) is 0 Å². The summed E-state index contributed by atoms with van der Waals surface area (Å²) in [6, 6.07) is 1.92. The minimum atomic E-state index is 0.460. The highest BCUT2D eigenvalue weighted by atomic mass is 32.1. The zero-order valence-electron chi connectivity index (χ0n) is 11.8. The Balaban J connectivity index is 2.16. The number of anilines is 1. The van der Waals surface area contributed by atoms with E-state index in [4.69, 9.17) is 18.0 Å². The highest BCUT2D eigenvalue weighted by Crippen LogP contribution is 2.28. The summed E-state index contributed by atoms with van der Waals surface area (Å²) in [4.78, 5) is 7.08. The molecule has 2 rings (SSSR count). The number of thiocarbonyl (C=S) groups is 1. The Morgan fingerprint density at radius 2 is 2.21 bits per heavy atom. The van der Waals surface area contributed by atoms with E-state index in [2.05, 4.69) is 23.7 Å². The van der Waals surface area contributed by atoms with Gasteiger partial charge in [0.1, 0.15) is 4.99 Å². The van der Waals surface area contributed by atoms with Gasteiger partial charge in [0.05, 0.1) is 11.9 Å². The molecule has 1 fully saturated rings. The lowest BCUT2D eigenvalue weighted by Crippen LogP contribution is -2.27. The maximum atomic E-state index is 5.81. The summed E-state index contributed by atoms with van der Waals surface area (Å²) in [6.45, 7) is 6.80. The summed E-state index contributed by atoms with van der Waals surface area (Å²) in [6.07, 6.45) is 7.44. The van der Waals surface area contributed by atoms with Crippen molar-refractivity contribution in [3.8, 4) is 0 Å². The lowest BCUT2D eigenvalue weighted by atomic mass is 9.89. The molecule has 0 aliphatic carbocycles. The summed E-state index contributed by atoms with van der Waals surface area (Å²) in [7, 11) is 0. The minimum Gasteiger partial charge on any atom is -0.389 e. The Hall–Kier alpha value is -1.16. The van der Waals surface area contributed by atoms with E-state index in [1.165, 1.54) is 19.3 Å². The lowest BCUT2D eigenvalue weighted by Gasteiger charge is -2.25. The van der Waals surface area contributed by atoms with E-state index in [9.17, 15) is 0 Å². The predicted molar refractivity (Wildman–Crippen MR) is 84.5 cm³/mol. The van der Waals surface area contributed by atoms with Crippen LogP contribution in [-0.4, -0.2) is 23.1 Å². The van der Waals surface area contributed by atoms with Crippen LogP contribution >= 0.6 is 12.2 Å². The molecule has 1 atom stereocenters. The van der Waals surface area contributed by atoms with Crippen LogP contribution in [0, 0.1) is 11.8 Å². The van der Waals surface area contributed by atoms with Gasteiger partial charge < -0.3 is 10.6 Å². The molecule has 4 heteroatoms. The molecule has 1 saturated heterocycles. The molecule has 0 radical (unpaired) electrons. The summed E-state index contributed by atoms with van der Waals surface area (Å²) in [5.74, 6) is 1.60. The van der Waals surface area contributed by atoms with E-state index in [1.807, 2.05) is 12.3 Å². The Labute approximate surface area is 121 Å². The zero-order valence-corrected chi connectivity index (χ0v) is 12.6. The van der Waals surface area contributed by atoms with Crippen molar-refractivity contribution in [3.63, 3.8) is 0 Å². The molecule has 0 aromatic carbocycles. The number of hydrogen-bond donors (Lipinski definition) is 1. The van der Waals surface area contributed by atoms with Crippen molar-refractivity contribution < 1.29 is 0 Å². The maximum Gasteiger partial charge on any atom is 0.106 e. The molecule has 1 aliphatic rings. The van der Waals surface area contributed by atoms with Gasteiger partial charge in [-0.1, -0.05) is 26.1 Å². The van der Waals surface area contributed by atoms with Crippen LogP contribution in [-0.2, 0) is 0 Å². The highest BCUT2D eigenvalue weighted by Gasteiger charge is 2.21. The topological polar surface area (TPSA) is 42.2 Å². The number of nitrogens with two attached hydrogens (primary N) is 1. The molecule has 2 heterocycles. The van der Waals surface area contributed by atoms with E-state index in [0.717, 1.165) is 36.2 Å². The monoisotopic (exact) mass is 277 g/mol. The number of rotatable bonds is 3. The van der Waals surface area contributed by atoms with Crippen molar-refractivity contribution >= 4 is 22.9 Å². The molecule has 0 spiro atoms. The standard InChI is InChI=1S/C15H23N3S/c1-11(2)12-4-3-8-18(9-6-12)14-10-17-7-5-13(14)15(16)19/h5,7,10-12H,3-4,6,8-9H2,1-2H3,(H2,16,19). The number of pyridine rings is 1. The molecule has 0 bridgehead atoms. The quantitative estimate of drug-likeness (QED) is 0.863.